The molecule has 0 saturated heterocycles. The monoisotopic (exact) mass is 570 g/mol. The maximum atomic E-state index is 15.7. The van der Waals surface area contributed by atoms with Crippen molar-refractivity contribution >= 4 is 17.1 Å². The fraction of sp³-hybridized carbons (Fsp3) is 0.107. The number of aromatic nitrogens is 3. The summed E-state index contributed by atoms with van der Waals surface area (Å²) in [7, 11) is 0. The van der Waals surface area contributed by atoms with Gasteiger partial charge in [-0.15, -0.1) is 0 Å². The Bertz CT molecular complexity index is 1670. The molecular weight excluding hydrogens is 551 g/mol. The van der Waals surface area contributed by atoms with Gasteiger partial charge < -0.3 is 19.9 Å². The molecule has 5 aromatic rings. The van der Waals surface area contributed by atoms with Crippen LogP contribution in [0.1, 0.15) is 5.56 Å². The summed E-state index contributed by atoms with van der Waals surface area (Å²) >= 11 is 0. The summed E-state index contributed by atoms with van der Waals surface area (Å²) in [6.07, 6.45) is -6.72. The summed E-state index contributed by atoms with van der Waals surface area (Å²) in [4.78, 5) is 18.9. The number of carbonyl (C=O) groups excluding carboxylic acids is 1. The molecule has 1 unspecified atom stereocenters. The third-order valence-corrected chi connectivity index (χ3v) is 5.81. The zero-order chi connectivity index (χ0) is 29.1. The topological polar surface area (TPSA) is 101 Å². The molecule has 1 amide bonds. The van der Waals surface area contributed by atoms with Crippen molar-refractivity contribution in [2.45, 2.75) is 19.4 Å². The van der Waals surface area contributed by atoms with Crippen LogP contribution in [-0.2, 0) is 6.61 Å². The van der Waals surface area contributed by atoms with Gasteiger partial charge in [-0.2, -0.15) is 9.37 Å². The van der Waals surface area contributed by atoms with Crippen molar-refractivity contribution in [3.63, 3.8) is 0 Å². The Morgan fingerprint density at radius 3 is 2.22 bits per heavy atom. The van der Waals surface area contributed by atoms with E-state index in [4.69, 9.17) is 19.9 Å². The average Bonchev–Trinajstić information content (AvgIpc) is 3.32. The van der Waals surface area contributed by atoms with Crippen molar-refractivity contribution in [3.8, 4) is 34.3 Å². The van der Waals surface area contributed by atoms with Gasteiger partial charge in [0, 0.05) is 12.1 Å². The van der Waals surface area contributed by atoms with E-state index >= 15 is 8.78 Å². The van der Waals surface area contributed by atoms with Crippen LogP contribution in [0.5, 0.6) is 17.4 Å². The summed E-state index contributed by atoms with van der Waals surface area (Å²) in [5, 5.41) is 0. The van der Waals surface area contributed by atoms with Gasteiger partial charge in [-0.1, -0.05) is 30.3 Å². The number of fused-ring (bicyclic) bond motifs is 1. The van der Waals surface area contributed by atoms with Gasteiger partial charge in [0.05, 0.1) is 11.2 Å². The Hall–Kier alpha value is -5.20. The third-order valence-electron chi connectivity index (χ3n) is 5.81. The molecule has 0 radical (unpaired) electrons. The highest BCUT2D eigenvalue weighted by Gasteiger charge is 2.27. The van der Waals surface area contributed by atoms with Gasteiger partial charge in [0.1, 0.15) is 35.6 Å². The Kier molecular flexibility index (Phi) is 7.68. The number of carbonyl (C=O) groups is 1. The van der Waals surface area contributed by atoms with E-state index in [9.17, 15) is 18.0 Å². The quantitative estimate of drug-likeness (QED) is 0.208. The van der Waals surface area contributed by atoms with Crippen LogP contribution in [0.15, 0.2) is 79.1 Å². The number of nitrogens with two attached hydrogens (primary N) is 1. The van der Waals surface area contributed by atoms with E-state index in [1.165, 1.54) is 30.3 Å². The molecule has 2 heterocycles. The molecule has 8 nitrogen and oxygen atoms in total. The lowest BCUT2D eigenvalue weighted by atomic mass is 10.1. The number of ether oxygens (including phenoxy) is 3. The van der Waals surface area contributed by atoms with E-state index in [0.29, 0.717) is 5.56 Å². The molecule has 0 bridgehead atoms. The standard InChI is InChI=1S/C28H19F5N4O4/c29-19-10-18(39-13-15-4-2-1-3-5-15)11-20(30)23(19)37-22(16-6-8-17(9-7-16)40-28(34)38)12-21-24(37)27(36-14-35-21)41-26(33)25(31)32/h1-12,14,25-26H,13H2,(H2,34,38). The zero-order valence-corrected chi connectivity index (χ0v) is 20.8. The van der Waals surface area contributed by atoms with Gasteiger partial charge in [-0.05, 0) is 41.5 Å². The number of hydrogen-bond donors (Lipinski definition) is 1. The first kappa shape index (κ1) is 27.4. The molecule has 0 aliphatic heterocycles. The largest absolute Gasteiger partial charge is 0.489 e. The first-order chi connectivity index (χ1) is 19.7. The number of rotatable bonds is 9. The minimum absolute atomic E-state index is 0.00660. The molecule has 41 heavy (non-hydrogen) atoms. The number of alkyl halides is 3. The SMILES string of the molecule is NC(=O)Oc1ccc(-c2cc3ncnc(OC(F)C(F)F)c3n2-c2c(F)cc(OCc3ccccc3)cc2F)cc1. The summed E-state index contributed by atoms with van der Waals surface area (Å²) in [5.74, 6) is -2.90. The van der Waals surface area contributed by atoms with Crippen molar-refractivity contribution in [1.82, 2.24) is 14.5 Å². The van der Waals surface area contributed by atoms with Gasteiger partial charge in [-0.25, -0.2) is 27.3 Å². The van der Waals surface area contributed by atoms with Crippen molar-refractivity contribution in [2.24, 2.45) is 5.73 Å². The van der Waals surface area contributed by atoms with Crippen LogP contribution in [0.2, 0.25) is 0 Å². The highest BCUT2D eigenvalue weighted by molar-refractivity contribution is 5.89. The van der Waals surface area contributed by atoms with E-state index in [0.717, 1.165) is 28.6 Å². The van der Waals surface area contributed by atoms with Crippen LogP contribution in [0.25, 0.3) is 28.0 Å². The van der Waals surface area contributed by atoms with Gasteiger partial charge in [-0.3, -0.25) is 4.57 Å². The molecule has 2 N–H and O–H groups in total. The van der Waals surface area contributed by atoms with E-state index < -0.39 is 42.1 Å². The molecule has 0 aliphatic rings. The maximum absolute atomic E-state index is 15.7. The Morgan fingerprint density at radius 1 is 0.902 bits per heavy atom. The van der Waals surface area contributed by atoms with Gasteiger partial charge in [0.2, 0.25) is 5.88 Å². The minimum Gasteiger partial charge on any atom is -0.489 e. The molecule has 1 atom stereocenters. The molecule has 210 valence electrons. The highest BCUT2D eigenvalue weighted by atomic mass is 19.3. The summed E-state index contributed by atoms with van der Waals surface area (Å²) in [6.45, 7) is 0.0356. The lowest BCUT2D eigenvalue weighted by Crippen LogP contribution is -2.20. The summed E-state index contributed by atoms with van der Waals surface area (Å²) in [5.41, 5.74) is 5.28. The normalized spacial score (nSPS) is 12.0. The second-order valence-electron chi connectivity index (χ2n) is 8.54. The number of primary amides is 1. The average molecular weight is 570 g/mol. The lowest BCUT2D eigenvalue weighted by molar-refractivity contribution is -0.0683. The second kappa shape index (κ2) is 11.5. The van der Waals surface area contributed by atoms with Crippen LogP contribution in [-0.4, -0.2) is 33.4 Å². The predicted octanol–water partition coefficient (Wildman–Crippen LogP) is 6.34. The third kappa shape index (κ3) is 5.88. The van der Waals surface area contributed by atoms with Gasteiger partial charge >= 0.3 is 12.5 Å². The van der Waals surface area contributed by atoms with Gasteiger partial charge in [0.15, 0.2) is 11.6 Å². The van der Waals surface area contributed by atoms with Crippen LogP contribution in [0, 0.1) is 11.6 Å². The molecule has 0 spiro atoms. The number of nitrogens with zero attached hydrogens (tertiary/aromatic N) is 3. The molecule has 0 saturated carbocycles. The van der Waals surface area contributed by atoms with E-state index in [1.807, 2.05) is 6.07 Å². The van der Waals surface area contributed by atoms with Crippen molar-refractivity contribution in [3.05, 3.63) is 96.3 Å². The maximum Gasteiger partial charge on any atom is 0.409 e. The molecule has 3 aromatic carbocycles. The number of hydrogen-bond acceptors (Lipinski definition) is 6. The first-order valence-corrected chi connectivity index (χ1v) is 11.9. The van der Waals surface area contributed by atoms with Crippen molar-refractivity contribution < 1.29 is 41.0 Å². The van der Waals surface area contributed by atoms with E-state index in [1.54, 1.807) is 24.3 Å². The van der Waals surface area contributed by atoms with Crippen LogP contribution < -0.4 is 19.9 Å². The van der Waals surface area contributed by atoms with Crippen LogP contribution in [0.4, 0.5) is 26.7 Å². The predicted molar refractivity (Wildman–Crippen MR) is 137 cm³/mol. The molecule has 13 heteroatoms. The lowest BCUT2D eigenvalue weighted by Gasteiger charge is -2.17. The highest BCUT2D eigenvalue weighted by Crippen LogP contribution is 2.38. The van der Waals surface area contributed by atoms with Crippen molar-refractivity contribution in [2.75, 3.05) is 0 Å². The van der Waals surface area contributed by atoms with E-state index in [-0.39, 0.29) is 34.8 Å². The fourth-order valence-electron chi connectivity index (χ4n) is 4.08. The number of amides is 1. The smallest absolute Gasteiger partial charge is 0.409 e. The minimum atomic E-state index is -3.52. The Labute approximate surface area is 228 Å². The first-order valence-electron chi connectivity index (χ1n) is 11.9. The molecule has 0 fully saturated rings. The molecular formula is C28H19F5N4O4. The molecule has 2 aromatic heterocycles. The van der Waals surface area contributed by atoms with Crippen molar-refractivity contribution in [1.29, 1.82) is 0 Å². The molecule has 5 rings (SSSR count). The summed E-state index contributed by atoms with van der Waals surface area (Å²) < 4.78 is 87.3. The van der Waals surface area contributed by atoms with Gasteiger partial charge in [0.25, 0.3) is 6.36 Å². The number of benzene rings is 3. The summed E-state index contributed by atoms with van der Waals surface area (Å²) in [6, 6.07) is 17.8. The second-order valence-corrected chi connectivity index (χ2v) is 8.54. The van der Waals surface area contributed by atoms with E-state index in [2.05, 4.69) is 9.97 Å². The Balaban J connectivity index is 1.65. The number of halogens is 5. The fourth-order valence-corrected chi connectivity index (χ4v) is 4.08. The van der Waals surface area contributed by atoms with Crippen LogP contribution >= 0.6 is 0 Å². The van der Waals surface area contributed by atoms with Crippen LogP contribution in [0.3, 0.4) is 0 Å². The molecule has 0 aliphatic carbocycles. The zero-order valence-electron chi connectivity index (χ0n) is 20.8. The Morgan fingerprint density at radius 2 is 1.59 bits per heavy atom.